The number of nitrogens with one attached hydrogen (secondary N) is 1. The number of ether oxygens (including phenoxy) is 1. The van der Waals surface area contributed by atoms with Crippen molar-refractivity contribution in [3.05, 3.63) is 98.9 Å². The number of hydrogen-bond donors (Lipinski definition) is 1. The summed E-state index contributed by atoms with van der Waals surface area (Å²) in [5.74, 6) is 0.664. The summed E-state index contributed by atoms with van der Waals surface area (Å²) in [6.07, 6.45) is 0. The highest BCUT2D eigenvalue weighted by Crippen LogP contribution is 2.33. The summed E-state index contributed by atoms with van der Waals surface area (Å²) in [6.45, 7) is 7.96. The largest absolute Gasteiger partial charge is 0.489 e. The van der Waals surface area contributed by atoms with Gasteiger partial charge in [-0.25, -0.2) is 18.4 Å². The molecule has 9 heteroatoms. The molecule has 0 aliphatic heterocycles. The predicted octanol–water partition coefficient (Wildman–Crippen LogP) is 7.17. The SMILES string of the molecule is Cc1cc(C)c(Nc2nc(C)ccc2S(=O)(=O)c2cccc(OCc3cc(Cl)nc(Cl)c3)c2)c(C)c1. The summed E-state index contributed by atoms with van der Waals surface area (Å²) in [7, 11) is -3.92. The van der Waals surface area contributed by atoms with Gasteiger partial charge in [-0.05, 0) is 86.8 Å². The molecule has 0 aliphatic rings. The number of anilines is 2. The van der Waals surface area contributed by atoms with E-state index in [2.05, 4.69) is 15.3 Å². The first kappa shape index (κ1) is 25.9. The van der Waals surface area contributed by atoms with Crippen LogP contribution in [0.4, 0.5) is 11.5 Å². The molecule has 2 heterocycles. The second-order valence-corrected chi connectivity index (χ2v) is 11.3. The molecule has 186 valence electrons. The van der Waals surface area contributed by atoms with E-state index >= 15 is 0 Å². The summed E-state index contributed by atoms with van der Waals surface area (Å²) in [4.78, 5) is 8.62. The van der Waals surface area contributed by atoms with Gasteiger partial charge in [0.1, 0.15) is 33.4 Å². The molecule has 0 aliphatic carbocycles. The van der Waals surface area contributed by atoms with Crippen LogP contribution in [0.1, 0.15) is 27.9 Å². The maximum Gasteiger partial charge on any atom is 0.210 e. The van der Waals surface area contributed by atoms with Gasteiger partial charge in [0.25, 0.3) is 0 Å². The summed E-state index contributed by atoms with van der Waals surface area (Å²) in [5, 5.41) is 3.78. The molecular weight excluding hydrogens is 517 g/mol. The van der Waals surface area contributed by atoms with Crippen molar-refractivity contribution in [2.24, 2.45) is 0 Å². The van der Waals surface area contributed by atoms with Crippen LogP contribution in [-0.4, -0.2) is 18.4 Å². The van der Waals surface area contributed by atoms with E-state index in [1.807, 2.05) is 39.8 Å². The number of nitrogens with zero attached hydrogens (tertiary/aromatic N) is 2. The quantitative estimate of drug-likeness (QED) is 0.249. The summed E-state index contributed by atoms with van der Waals surface area (Å²) < 4.78 is 33.3. The average molecular weight is 542 g/mol. The Hall–Kier alpha value is -3.13. The van der Waals surface area contributed by atoms with E-state index in [-0.39, 0.29) is 32.5 Å². The molecular formula is C27H25Cl2N3O3S. The van der Waals surface area contributed by atoms with E-state index in [9.17, 15) is 8.42 Å². The van der Waals surface area contributed by atoms with Crippen molar-refractivity contribution >= 4 is 44.5 Å². The molecule has 0 unspecified atom stereocenters. The third-order valence-electron chi connectivity index (χ3n) is 5.55. The van der Waals surface area contributed by atoms with Crippen molar-refractivity contribution < 1.29 is 13.2 Å². The average Bonchev–Trinajstić information content (AvgIpc) is 2.79. The molecule has 0 fully saturated rings. The number of aromatic nitrogens is 2. The zero-order chi connectivity index (χ0) is 26.0. The molecule has 4 rings (SSSR count). The first-order valence-corrected chi connectivity index (χ1v) is 13.4. The standard InChI is InChI=1S/C27H25Cl2N3O3S/c1-16-10-17(2)26(18(3)11-16)32-27-23(9-8-19(4)30-27)36(33,34)22-7-5-6-21(14-22)35-15-20-12-24(28)31-25(29)13-20/h5-14H,15H2,1-4H3,(H,30,32). The highest BCUT2D eigenvalue weighted by atomic mass is 35.5. The molecule has 0 atom stereocenters. The zero-order valence-corrected chi connectivity index (χ0v) is 22.6. The van der Waals surface area contributed by atoms with Crippen molar-refractivity contribution in [3.63, 3.8) is 0 Å². The number of sulfone groups is 1. The Morgan fingerprint density at radius 2 is 1.53 bits per heavy atom. The third kappa shape index (κ3) is 5.81. The number of aryl methyl sites for hydroxylation is 4. The van der Waals surface area contributed by atoms with Crippen LogP contribution < -0.4 is 10.1 Å². The fourth-order valence-corrected chi connectivity index (χ4v) is 5.86. The van der Waals surface area contributed by atoms with Gasteiger partial charge in [-0.15, -0.1) is 0 Å². The Morgan fingerprint density at radius 3 is 2.19 bits per heavy atom. The Balaban J connectivity index is 1.66. The molecule has 36 heavy (non-hydrogen) atoms. The van der Waals surface area contributed by atoms with Gasteiger partial charge in [0.15, 0.2) is 0 Å². The molecule has 0 amide bonds. The van der Waals surface area contributed by atoms with Crippen molar-refractivity contribution in [2.75, 3.05) is 5.32 Å². The lowest BCUT2D eigenvalue weighted by Gasteiger charge is -2.17. The highest BCUT2D eigenvalue weighted by Gasteiger charge is 2.24. The van der Waals surface area contributed by atoms with Crippen LogP contribution in [0.2, 0.25) is 10.3 Å². The third-order valence-corrected chi connectivity index (χ3v) is 7.72. The number of halogens is 2. The second-order valence-electron chi connectivity index (χ2n) is 8.59. The Labute approximate surface area is 221 Å². The van der Waals surface area contributed by atoms with Gasteiger partial charge < -0.3 is 10.1 Å². The predicted molar refractivity (Wildman–Crippen MR) is 143 cm³/mol. The number of hydrogen-bond acceptors (Lipinski definition) is 6. The van der Waals surface area contributed by atoms with Gasteiger partial charge in [0.05, 0.1) is 4.90 Å². The molecule has 2 aromatic carbocycles. The lowest BCUT2D eigenvalue weighted by molar-refractivity contribution is 0.305. The maximum atomic E-state index is 13.7. The lowest BCUT2D eigenvalue weighted by Crippen LogP contribution is -2.09. The smallest absolute Gasteiger partial charge is 0.210 e. The van der Waals surface area contributed by atoms with Gasteiger partial charge >= 0.3 is 0 Å². The van der Waals surface area contributed by atoms with Crippen LogP contribution in [0.15, 0.2) is 70.5 Å². The molecule has 1 N–H and O–H groups in total. The van der Waals surface area contributed by atoms with Gasteiger partial charge in [-0.1, -0.05) is 47.0 Å². The molecule has 0 saturated carbocycles. The van der Waals surface area contributed by atoms with Crippen molar-refractivity contribution in [1.82, 2.24) is 9.97 Å². The number of benzene rings is 2. The van der Waals surface area contributed by atoms with Crippen molar-refractivity contribution in [1.29, 1.82) is 0 Å². The summed E-state index contributed by atoms with van der Waals surface area (Å²) in [6, 6.07) is 17.0. The molecule has 2 aromatic heterocycles. The highest BCUT2D eigenvalue weighted by molar-refractivity contribution is 7.91. The van der Waals surface area contributed by atoms with E-state index in [1.54, 1.807) is 36.4 Å². The Morgan fingerprint density at radius 1 is 0.861 bits per heavy atom. The van der Waals surface area contributed by atoms with E-state index in [4.69, 9.17) is 27.9 Å². The number of rotatable bonds is 7. The fraction of sp³-hybridized carbons (Fsp3) is 0.185. The maximum absolute atomic E-state index is 13.7. The minimum atomic E-state index is -3.92. The van der Waals surface area contributed by atoms with Gasteiger partial charge in [0, 0.05) is 11.4 Å². The first-order valence-electron chi connectivity index (χ1n) is 11.2. The minimum absolute atomic E-state index is 0.0809. The molecule has 0 radical (unpaired) electrons. The van der Waals surface area contributed by atoms with Crippen molar-refractivity contribution in [2.45, 2.75) is 44.1 Å². The van der Waals surface area contributed by atoms with E-state index < -0.39 is 9.84 Å². The van der Waals surface area contributed by atoms with Crippen LogP contribution in [0.3, 0.4) is 0 Å². The lowest BCUT2D eigenvalue weighted by atomic mass is 10.1. The van der Waals surface area contributed by atoms with Crippen molar-refractivity contribution in [3.8, 4) is 5.75 Å². The van der Waals surface area contributed by atoms with E-state index in [1.165, 1.54) is 12.1 Å². The number of pyridine rings is 2. The van der Waals surface area contributed by atoms with Gasteiger partial charge in [-0.2, -0.15) is 0 Å². The fourth-order valence-electron chi connectivity index (χ4n) is 3.97. The summed E-state index contributed by atoms with van der Waals surface area (Å²) >= 11 is 11.9. The monoisotopic (exact) mass is 541 g/mol. The Kier molecular flexibility index (Phi) is 7.54. The molecule has 0 bridgehead atoms. The van der Waals surface area contributed by atoms with Crippen LogP contribution in [0.5, 0.6) is 5.75 Å². The normalized spacial score (nSPS) is 11.4. The second kappa shape index (κ2) is 10.5. The van der Waals surface area contributed by atoms with Crippen LogP contribution in [-0.2, 0) is 16.4 Å². The first-order chi connectivity index (χ1) is 17.0. The van der Waals surface area contributed by atoms with Gasteiger partial charge in [0.2, 0.25) is 9.84 Å². The van der Waals surface area contributed by atoms with E-state index in [0.29, 0.717) is 17.0 Å². The Bertz CT molecular complexity index is 1510. The molecule has 4 aromatic rings. The van der Waals surface area contributed by atoms with E-state index in [0.717, 1.165) is 22.4 Å². The molecule has 0 spiro atoms. The van der Waals surface area contributed by atoms with Crippen LogP contribution in [0.25, 0.3) is 0 Å². The van der Waals surface area contributed by atoms with Gasteiger partial charge in [-0.3, -0.25) is 0 Å². The van der Waals surface area contributed by atoms with Crippen LogP contribution in [0, 0.1) is 27.7 Å². The topological polar surface area (TPSA) is 81.2 Å². The summed E-state index contributed by atoms with van der Waals surface area (Å²) in [5.41, 5.74) is 5.39. The van der Waals surface area contributed by atoms with Crippen LogP contribution >= 0.6 is 23.2 Å². The minimum Gasteiger partial charge on any atom is -0.489 e. The molecule has 0 saturated heterocycles. The molecule has 6 nitrogen and oxygen atoms in total. The zero-order valence-electron chi connectivity index (χ0n) is 20.3.